The highest BCUT2D eigenvalue weighted by Crippen LogP contribution is 2.39. The molecule has 2 aromatic heterocycles. The molecular weight excluding hydrogens is 381 g/mol. The number of amides is 2. The van der Waals surface area contributed by atoms with E-state index in [0.717, 1.165) is 15.8 Å². The Morgan fingerprint density at radius 3 is 2.88 bits per heavy atom. The van der Waals surface area contributed by atoms with Crippen LogP contribution in [0.25, 0.3) is 10.2 Å². The van der Waals surface area contributed by atoms with Gasteiger partial charge in [-0.2, -0.15) is 0 Å². The van der Waals surface area contributed by atoms with Crippen molar-refractivity contribution < 1.29 is 9.59 Å². The molecule has 0 spiro atoms. The molecule has 0 aliphatic heterocycles. The highest BCUT2D eigenvalue weighted by atomic mass is 35.5. The number of halogens is 2. The summed E-state index contributed by atoms with van der Waals surface area (Å²) in [5, 5.41) is 6.23. The van der Waals surface area contributed by atoms with E-state index >= 15 is 0 Å². The largest absolute Gasteiger partial charge is 0.350 e. The van der Waals surface area contributed by atoms with Gasteiger partial charge in [0.2, 0.25) is 6.41 Å². The quantitative estimate of drug-likeness (QED) is 0.591. The van der Waals surface area contributed by atoms with Gasteiger partial charge in [-0.05, 0) is 23.6 Å². The molecule has 5 nitrogen and oxygen atoms in total. The summed E-state index contributed by atoms with van der Waals surface area (Å²) in [6.45, 7) is 0. The first-order valence-electron chi connectivity index (χ1n) is 7.63. The van der Waals surface area contributed by atoms with Crippen LogP contribution in [0.1, 0.15) is 27.7 Å². The third-order valence-corrected chi connectivity index (χ3v) is 6.35. The second kappa shape index (κ2) is 6.37. The Kier molecular flexibility index (Phi) is 4.19. The minimum Gasteiger partial charge on any atom is -0.350 e. The van der Waals surface area contributed by atoms with Crippen molar-refractivity contribution in [3.8, 4) is 0 Å². The molecule has 0 radical (unpaired) electrons. The maximum Gasteiger partial charge on any atom is 0.268 e. The number of fused-ring (bicyclic) bond motifs is 2. The zero-order chi connectivity index (χ0) is 17.6. The third kappa shape index (κ3) is 2.80. The molecule has 2 atom stereocenters. The fourth-order valence-electron chi connectivity index (χ4n) is 3.30. The number of rotatable bonds is 4. The number of carbonyl (C=O) groups excluding carboxylic acids is 2. The van der Waals surface area contributed by atoms with Gasteiger partial charge in [0.15, 0.2) is 0 Å². The highest BCUT2D eigenvalue weighted by Gasteiger charge is 2.33. The van der Waals surface area contributed by atoms with Gasteiger partial charge in [-0.15, -0.1) is 11.3 Å². The Labute approximate surface area is 157 Å². The van der Waals surface area contributed by atoms with Crippen LogP contribution in [-0.4, -0.2) is 23.3 Å². The molecule has 25 heavy (non-hydrogen) atoms. The Morgan fingerprint density at radius 2 is 2.12 bits per heavy atom. The van der Waals surface area contributed by atoms with E-state index in [1.807, 2.05) is 24.3 Å². The van der Waals surface area contributed by atoms with Gasteiger partial charge >= 0.3 is 0 Å². The van der Waals surface area contributed by atoms with Crippen LogP contribution in [0.5, 0.6) is 0 Å². The molecule has 0 fully saturated rings. The average molecular weight is 394 g/mol. The lowest BCUT2D eigenvalue weighted by Gasteiger charge is -2.20. The Hall–Kier alpha value is -2.02. The molecule has 1 aliphatic rings. The van der Waals surface area contributed by atoms with Gasteiger partial charge in [-0.1, -0.05) is 47.5 Å². The summed E-state index contributed by atoms with van der Waals surface area (Å²) in [7, 11) is 0. The molecule has 3 aromatic rings. The molecule has 128 valence electrons. The molecule has 1 aromatic carbocycles. The van der Waals surface area contributed by atoms with E-state index in [1.54, 1.807) is 6.07 Å². The van der Waals surface area contributed by atoms with Crippen molar-refractivity contribution >= 4 is 57.1 Å². The zero-order valence-electron chi connectivity index (χ0n) is 12.8. The Balaban J connectivity index is 1.58. The minimum absolute atomic E-state index is 0.213. The maximum atomic E-state index is 12.6. The number of hydrogen-bond donors (Lipinski definition) is 3. The highest BCUT2D eigenvalue weighted by molar-refractivity contribution is 7.23. The molecule has 1 aliphatic carbocycles. The molecule has 0 saturated heterocycles. The second-order valence-corrected chi connectivity index (χ2v) is 7.89. The SMILES string of the molecule is O=CN[C@H]1c2ccccc2C[C@@H]1NC(=O)c1cc2sc(Cl)c(Cl)c2[nH]1. The first-order valence-corrected chi connectivity index (χ1v) is 9.20. The normalized spacial score (nSPS) is 19.0. The Morgan fingerprint density at radius 1 is 1.32 bits per heavy atom. The van der Waals surface area contributed by atoms with Gasteiger partial charge in [0.05, 0.1) is 27.3 Å². The molecule has 0 saturated carbocycles. The summed E-state index contributed by atoms with van der Waals surface area (Å²) in [5.74, 6) is -0.244. The summed E-state index contributed by atoms with van der Waals surface area (Å²) < 4.78 is 1.33. The number of aromatic nitrogens is 1. The molecule has 0 bridgehead atoms. The minimum atomic E-state index is -0.244. The number of carbonyl (C=O) groups is 2. The van der Waals surface area contributed by atoms with Crippen LogP contribution >= 0.6 is 34.5 Å². The first-order chi connectivity index (χ1) is 12.1. The zero-order valence-corrected chi connectivity index (χ0v) is 15.1. The second-order valence-electron chi connectivity index (χ2n) is 5.86. The van der Waals surface area contributed by atoms with Crippen molar-refractivity contribution in [3.63, 3.8) is 0 Å². The summed E-state index contributed by atoms with van der Waals surface area (Å²) >= 11 is 13.4. The molecular formula is C17H13Cl2N3O2S. The van der Waals surface area contributed by atoms with E-state index in [1.165, 1.54) is 11.3 Å². The van der Waals surface area contributed by atoms with E-state index in [-0.39, 0.29) is 18.0 Å². The van der Waals surface area contributed by atoms with Crippen molar-refractivity contribution in [2.45, 2.75) is 18.5 Å². The summed E-state index contributed by atoms with van der Waals surface area (Å²) in [6, 6.07) is 9.13. The summed E-state index contributed by atoms with van der Waals surface area (Å²) in [4.78, 5) is 26.6. The number of thiophene rings is 1. The lowest BCUT2D eigenvalue weighted by atomic mass is 10.1. The molecule has 3 N–H and O–H groups in total. The van der Waals surface area contributed by atoms with Crippen LogP contribution in [0.3, 0.4) is 0 Å². The van der Waals surface area contributed by atoms with Gasteiger partial charge < -0.3 is 15.6 Å². The van der Waals surface area contributed by atoms with Gasteiger partial charge in [0.25, 0.3) is 5.91 Å². The molecule has 4 rings (SSSR count). The van der Waals surface area contributed by atoms with E-state index in [0.29, 0.717) is 33.4 Å². The van der Waals surface area contributed by atoms with Crippen LogP contribution in [0.4, 0.5) is 0 Å². The molecule has 8 heteroatoms. The van der Waals surface area contributed by atoms with Crippen LogP contribution in [0.15, 0.2) is 30.3 Å². The summed E-state index contributed by atoms with van der Waals surface area (Å²) in [5.41, 5.74) is 3.23. The fraction of sp³-hybridized carbons (Fsp3) is 0.176. The third-order valence-electron chi connectivity index (χ3n) is 4.41. The van der Waals surface area contributed by atoms with E-state index in [9.17, 15) is 9.59 Å². The van der Waals surface area contributed by atoms with Crippen molar-refractivity contribution in [3.05, 3.63) is 56.5 Å². The van der Waals surface area contributed by atoms with Crippen molar-refractivity contribution in [2.75, 3.05) is 0 Å². The topological polar surface area (TPSA) is 74.0 Å². The Bertz CT molecular complexity index is 982. The molecule has 2 heterocycles. The lowest BCUT2D eigenvalue weighted by Crippen LogP contribution is -2.42. The van der Waals surface area contributed by atoms with E-state index < -0.39 is 0 Å². The van der Waals surface area contributed by atoms with Gasteiger partial charge in [0, 0.05) is 0 Å². The fourth-order valence-corrected chi connectivity index (χ4v) is 4.78. The van der Waals surface area contributed by atoms with Crippen LogP contribution in [0.2, 0.25) is 9.36 Å². The standard InChI is InChI=1S/C17H13Cl2N3O2S/c18-13-15-12(25-16(13)19)6-11(21-15)17(24)22-10-5-8-3-1-2-4-9(8)14(10)20-7-23/h1-4,6-7,10,14,21H,5H2,(H,20,23)(H,22,24)/t10-,14-/m0/s1. The monoisotopic (exact) mass is 393 g/mol. The molecule has 0 unspecified atom stereocenters. The number of benzene rings is 1. The van der Waals surface area contributed by atoms with Crippen LogP contribution < -0.4 is 10.6 Å². The molecule has 2 amide bonds. The first kappa shape index (κ1) is 16.4. The maximum absolute atomic E-state index is 12.6. The van der Waals surface area contributed by atoms with Crippen molar-refractivity contribution in [2.24, 2.45) is 0 Å². The number of hydrogen-bond acceptors (Lipinski definition) is 3. The van der Waals surface area contributed by atoms with Gasteiger partial charge in [-0.25, -0.2) is 0 Å². The predicted octanol–water partition coefficient (Wildman–Crippen LogP) is 3.68. The van der Waals surface area contributed by atoms with Crippen LogP contribution in [0, 0.1) is 0 Å². The number of H-pyrrole nitrogens is 1. The van der Waals surface area contributed by atoms with Gasteiger partial charge in [0.1, 0.15) is 10.0 Å². The number of aromatic amines is 1. The van der Waals surface area contributed by atoms with Crippen molar-refractivity contribution in [1.29, 1.82) is 0 Å². The smallest absolute Gasteiger partial charge is 0.268 e. The van der Waals surface area contributed by atoms with Crippen LogP contribution in [-0.2, 0) is 11.2 Å². The lowest BCUT2D eigenvalue weighted by molar-refractivity contribution is -0.110. The van der Waals surface area contributed by atoms with E-state index in [2.05, 4.69) is 15.6 Å². The number of nitrogens with one attached hydrogen (secondary N) is 3. The average Bonchev–Trinajstić information content (AvgIpc) is 3.23. The van der Waals surface area contributed by atoms with Crippen molar-refractivity contribution in [1.82, 2.24) is 15.6 Å². The predicted molar refractivity (Wildman–Crippen MR) is 99.5 cm³/mol. The van der Waals surface area contributed by atoms with Gasteiger partial charge in [-0.3, -0.25) is 9.59 Å². The van der Waals surface area contributed by atoms with E-state index in [4.69, 9.17) is 23.2 Å². The summed E-state index contributed by atoms with van der Waals surface area (Å²) in [6.07, 6.45) is 1.33.